The Balaban J connectivity index is 1.60. The smallest absolute Gasteiger partial charge is 0.328 e. The number of carbonyl (C=O) groups excluding carboxylic acids is 3. The van der Waals surface area contributed by atoms with E-state index >= 15 is 0 Å². The molecule has 0 unspecified atom stereocenters. The highest BCUT2D eigenvalue weighted by Gasteiger charge is 2.28. The Bertz CT molecular complexity index is 1430. The van der Waals surface area contributed by atoms with Crippen molar-refractivity contribution >= 4 is 45.6 Å². The molecule has 1 fully saturated rings. The van der Waals surface area contributed by atoms with Crippen LogP contribution in [0.2, 0.25) is 0 Å². The first-order valence-corrected chi connectivity index (χ1v) is 10.0. The van der Waals surface area contributed by atoms with E-state index in [9.17, 15) is 14.4 Å². The van der Waals surface area contributed by atoms with Crippen molar-refractivity contribution in [3.05, 3.63) is 83.6 Å². The second-order valence-electron chi connectivity index (χ2n) is 7.57. The predicted molar refractivity (Wildman–Crippen MR) is 121 cm³/mol. The van der Waals surface area contributed by atoms with Gasteiger partial charge in [0.15, 0.2) is 0 Å². The highest BCUT2D eigenvalue weighted by atomic mass is 16.5. The SMILES string of the molecule is COc1ccc2c(c1)c(C=C1C(=O)NC(=O)NC1=O)cn2Cc1ccc2ccccc2c1. The van der Waals surface area contributed by atoms with E-state index in [0.29, 0.717) is 17.9 Å². The molecular formula is C25H19N3O4. The quantitative estimate of drug-likeness (QED) is 0.386. The fourth-order valence-corrected chi connectivity index (χ4v) is 3.97. The molecule has 7 nitrogen and oxygen atoms in total. The minimum Gasteiger partial charge on any atom is -0.497 e. The molecule has 0 atom stereocenters. The number of nitrogens with one attached hydrogen (secondary N) is 2. The minimum absolute atomic E-state index is 0.128. The molecule has 0 bridgehead atoms. The van der Waals surface area contributed by atoms with Crippen molar-refractivity contribution in [3.8, 4) is 5.75 Å². The molecule has 7 heteroatoms. The average Bonchev–Trinajstić information content (AvgIpc) is 3.12. The highest BCUT2D eigenvalue weighted by Crippen LogP contribution is 2.29. The first kappa shape index (κ1) is 19.6. The zero-order chi connectivity index (χ0) is 22.2. The van der Waals surface area contributed by atoms with Crippen LogP contribution >= 0.6 is 0 Å². The average molecular weight is 425 g/mol. The first-order chi connectivity index (χ1) is 15.5. The number of benzene rings is 3. The van der Waals surface area contributed by atoms with Crippen LogP contribution in [0.15, 0.2) is 72.4 Å². The number of amides is 4. The Labute approximate surface area is 183 Å². The minimum atomic E-state index is -0.822. The summed E-state index contributed by atoms with van der Waals surface area (Å²) in [7, 11) is 1.58. The molecule has 1 saturated heterocycles. The predicted octanol–water partition coefficient (Wildman–Crippen LogP) is 3.60. The van der Waals surface area contributed by atoms with E-state index in [0.717, 1.165) is 21.9 Å². The van der Waals surface area contributed by atoms with Crippen LogP contribution in [0, 0.1) is 0 Å². The van der Waals surface area contributed by atoms with E-state index in [1.54, 1.807) is 7.11 Å². The van der Waals surface area contributed by atoms with Gasteiger partial charge in [0.25, 0.3) is 11.8 Å². The molecule has 0 saturated carbocycles. The Morgan fingerprint density at radius 2 is 1.66 bits per heavy atom. The Morgan fingerprint density at radius 1 is 0.906 bits per heavy atom. The summed E-state index contributed by atoms with van der Waals surface area (Å²) in [4.78, 5) is 35.8. The maximum Gasteiger partial charge on any atom is 0.328 e. The molecule has 0 radical (unpaired) electrons. The monoisotopic (exact) mass is 425 g/mol. The van der Waals surface area contributed by atoms with E-state index in [4.69, 9.17) is 4.74 Å². The zero-order valence-corrected chi connectivity index (χ0v) is 17.2. The van der Waals surface area contributed by atoms with Crippen molar-refractivity contribution in [3.63, 3.8) is 0 Å². The summed E-state index contributed by atoms with van der Waals surface area (Å²) >= 11 is 0. The van der Waals surface area contributed by atoms with Gasteiger partial charge in [0, 0.05) is 29.2 Å². The maximum atomic E-state index is 12.2. The van der Waals surface area contributed by atoms with Crippen LogP contribution in [-0.4, -0.2) is 29.5 Å². The van der Waals surface area contributed by atoms with Crippen molar-refractivity contribution in [1.29, 1.82) is 0 Å². The van der Waals surface area contributed by atoms with E-state index < -0.39 is 17.8 Å². The maximum absolute atomic E-state index is 12.2. The van der Waals surface area contributed by atoms with Crippen molar-refractivity contribution in [2.75, 3.05) is 7.11 Å². The molecule has 4 amide bonds. The van der Waals surface area contributed by atoms with E-state index in [2.05, 4.69) is 45.5 Å². The van der Waals surface area contributed by atoms with Crippen LogP contribution in [-0.2, 0) is 16.1 Å². The number of imide groups is 2. The second kappa shape index (κ2) is 7.70. The van der Waals surface area contributed by atoms with Gasteiger partial charge in [-0.3, -0.25) is 20.2 Å². The second-order valence-corrected chi connectivity index (χ2v) is 7.57. The third kappa shape index (κ3) is 3.50. The number of methoxy groups -OCH3 is 1. The van der Waals surface area contributed by atoms with E-state index in [1.165, 1.54) is 11.5 Å². The van der Waals surface area contributed by atoms with Gasteiger partial charge in [-0.15, -0.1) is 0 Å². The Hall–Kier alpha value is -4.39. The van der Waals surface area contributed by atoms with E-state index in [-0.39, 0.29) is 5.57 Å². The summed E-state index contributed by atoms with van der Waals surface area (Å²) in [6.45, 7) is 0.605. The van der Waals surface area contributed by atoms with Gasteiger partial charge in [-0.1, -0.05) is 36.4 Å². The van der Waals surface area contributed by atoms with Gasteiger partial charge >= 0.3 is 6.03 Å². The number of carbonyl (C=O) groups is 3. The molecule has 2 N–H and O–H groups in total. The largest absolute Gasteiger partial charge is 0.497 e. The first-order valence-electron chi connectivity index (χ1n) is 10.0. The Morgan fingerprint density at radius 3 is 2.41 bits per heavy atom. The summed E-state index contributed by atoms with van der Waals surface area (Å²) in [5.74, 6) is -0.789. The van der Waals surface area contributed by atoms with Crippen LogP contribution in [0.1, 0.15) is 11.1 Å². The number of nitrogens with zero attached hydrogens (tertiary/aromatic N) is 1. The van der Waals surface area contributed by atoms with Crippen LogP contribution in [0.25, 0.3) is 27.8 Å². The number of hydrogen-bond acceptors (Lipinski definition) is 4. The van der Waals surface area contributed by atoms with Crippen molar-refractivity contribution in [1.82, 2.24) is 15.2 Å². The van der Waals surface area contributed by atoms with Gasteiger partial charge in [0.1, 0.15) is 11.3 Å². The van der Waals surface area contributed by atoms with Gasteiger partial charge in [-0.2, -0.15) is 0 Å². The number of fused-ring (bicyclic) bond motifs is 2. The molecule has 1 aliphatic rings. The molecule has 1 aromatic heterocycles. The molecule has 0 aliphatic carbocycles. The number of urea groups is 1. The summed E-state index contributed by atoms with van der Waals surface area (Å²) in [5, 5.41) is 7.37. The standard InChI is InChI=1S/C25H19N3O4/c1-32-19-8-9-22-20(12-19)18(11-21-23(29)26-25(31)27-24(21)30)14-28(22)13-15-6-7-16-4-2-3-5-17(16)10-15/h2-12,14H,13H2,1H3,(H2,26,27,29,30,31). The van der Waals surface area contributed by atoms with Gasteiger partial charge in [0.05, 0.1) is 7.11 Å². The number of hydrogen-bond donors (Lipinski definition) is 2. The fraction of sp³-hybridized carbons (Fsp3) is 0.0800. The van der Waals surface area contributed by atoms with Crippen molar-refractivity contribution in [2.45, 2.75) is 6.54 Å². The van der Waals surface area contributed by atoms with Gasteiger partial charge < -0.3 is 9.30 Å². The number of barbiturate groups is 1. The van der Waals surface area contributed by atoms with Gasteiger partial charge in [0.2, 0.25) is 0 Å². The van der Waals surface area contributed by atoms with Gasteiger partial charge in [-0.05, 0) is 46.7 Å². The van der Waals surface area contributed by atoms with Crippen LogP contribution in [0.3, 0.4) is 0 Å². The summed E-state index contributed by atoms with van der Waals surface area (Å²) in [5.41, 5.74) is 2.60. The lowest BCUT2D eigenvalue weighted by Gasteiger charge is -2.13. The van der Waals surface area contributed by atoms with Crippen LogP contribution in [0.5, 0.6) is 5.75 Å². The number of ether oxygens (including phenoxy) is 1. The Kier molecular flexibility index (Phi) is 4.71. The lowest BCUT2D eigenvalue weighted by molar-refractivity contribution is -0.123. The lowest BCUT2D eigenvalue weighted by atomic mass is 10.1. The van der Waals surface area contributed by atoms with Crippen molar-refractivity contribution in [2.24, 2.45) is 0 Å². The third-order valence-corrected chi connectivity index (χ3v) is 5.53. The van der Waals surface area contributed by atoms with Crippen LogP contribution < -0.4 is 15.4 Å². The topological polar surface area (TPSA) is 89.4 Å². The number of rotatable bonds is 4. The third-order valence-electron chi connectivity index (χ3n) is 5.53. The summed E-state index contributed by atoms with van der Waals surface area (Å²) in [6, 6.07) is 19.4. The lowest BCUT2D eigenvalue weighted by Crippen LogP contribution is -2.51. The normalized spacial score (nSPS) is 13.9. The van der Waals surface area contributed by atoms with E-state index in [1.807, 2.05) is 36.5 Å². The molecule has 32 heavy (non-hydrogen) atoms. The zero-order valence-electron chi connectivity index (χ0n) is 17.2. The molecular weight excluding hydrogens is 406 g/mol. The highest BCUT2D eigenvalue weighted by molar-refractivity contribution is 6.31. The molecule has 0 spiro atoms. The molecule has 2 heterocycles. The fourth-order valence-electron chi connectivity index (χ4n) is 3.97. The van der Waals surface area contributed by atoms with Crippen LogP contribution in [0.4, 0.5) is 4.79 Å². The van der Waals surface area contributed by atoms with Gasteiger partial charge in [-0.25, -0.2) is 4.79 Å². The molecule has 4 aromatic rings. The summed E-state index contributed by atoms with van der Waals surface area (Å²) in [6.07, 6.45) is 3.39. The molecule has 158 valence electrons. The number of aromatic nitrogens is 1. The molecule has 5 rings (SSSR count). The summed E-state index contributed by atoms with van der Waals surface area (Å²) < 4.78 is 7.43. The molecule has 3 aromatic carbocycles. The molecule has 1 aliphatic heterocycles. The van der Waals surface area contributed by atoms with Crippen molar-refractivity contribution < 1.29 is 19.1 Å².